The zero-order valence-corrected chi connectivity index (χ0v) is 7.73. The van der Waals surface area contributed by atoms with Gasteiger partial charge in [-0.15, -0.1) is 9.78 Å². The monoisotopic (exact) mass is 184 g/mol. The Labute approximate surface area is 75.7 Å². The lowest BCUT2D eigenvalue weighted by Gasteiger charge is -1.96. The van der Waals surface area contributed by atoms with E-state index in [1.807, 2.05) is 6.92 Å². The smallest absolute Gasteiger partial charge is 0.358 e. The molecule has 1 heterocycles. The number of rotatable bonds is 4. The molecule has 72 valence electrons. The number of hydrogen-bond acceptors (Lipinski definition) is 4. The van der Waals surface area contributed by atoms with E-state index in [0.29, 0.717) is 12.2 Å². The minimum absolute atomic E-state index is 0.00782. The van der Waals surface area contributed by atoms with Crippen molar-refractivity contribution in [2.24, 2.45) is 0 Å². The number of unbranched alkanes of at least 4 members (excludes halogenated alkanes) is 1. The Kier molecular flexibility index (Phi) is 2.94. The summed E-state index contributed by atoms with van der Waals surface area (Å²) in [6.07, 6.45) is 1.86. The van der Waals surface area contributed by atoms with Crippen LogP contribution in [0.1, 0.15) is 25.5 Å². The van der Waals surface area contributed by atoms with Crippen molar-refractivity contribution in [3.8, 4) is 0 Å². The van der Waals surface area contributed by atoms with E-state index in [1.54, 1.807) is 6.92 Å². The van der Waals surface area contributed by atoms with Crippen LogP contribution in [0.4, 0.5) is 5.82 Å². The predicted molar refractivity (Wildman–Crippen MR) is 46.3 cm³/mol. The van der Waals surface area contributed by atoms with Crippen LogP contribution in [0.3, 0.4) is 0 Å². The van der Waals surface area contributed by atoms with Crippen LogP contribution in [0.15, 0.2) is 0 Å². The number of hydrogen-bond donors (Lipinski definition) is 0. The Morgan fingerprint density at radius 2 is 2.31 bits per heavy atom. The second-order valence-corrected chi connectivity index (χ2v) is 2.83. The average molecular weight is 184 g/mol. The van der Waals surface area contributed by atoms with Crippen molar-refractivity contribution in [3.05, 3.63) is 15.8 Å². The Bertz CT molecular complexity index is 307. The molecule has 1 rings (SSSR count). The van der Waals surface area contributed by atoms with Crippen LogP contribution < -0.4 is 0 Å². The van der Waals surface area contributed by atoms with E-state index in [-0.39, 0.29) is 5.82 Å². The van der Waals surface area contributed by atoms with Crippen LogP contribution in [-0.4, -0.2) is 19.9 Å². The van der Waals surface area contributed by atoms with Gasteiger partial charge in [0.25, 0.3) is 0 Å². The minimum Gasteiger partial charge on any atom is -0.358 e. The van der Waals surface area contributed by atoms with Gasteiger partial charge in [-0.1, -0.05) is 13.3 Å². The number of nitrogens with zero attached hydrogens (tertiary/aromatic N) is 4. The van der Waals surface area contributed by atoms with Gasteiger partial charge in [0.2, 0.25) is 0 Å². The Balaban J connectivity index is 2.87. The van der Waals surface area contributed by atoms with Gasteiger partial charge in [0.05, 0.1) is 0 Å². The lowest BCUT2D eigenvalue weighted by atomic mass is 10.3. The molecule has 0 aliphatic carbocycles. The lowest BCUT2D eigenvalue weighted by Crippen LogP contribution is -2.05. The zero-order valence-electron chi connectivity index (χ0n) is 7.73. The van der Waals surface area contributed by atoms with Gasteiger partial charge in [0.1, 0.15) is 6.54 Å². The first-order chi connectivity index (χ1) is 6.16. The van der Waals surface area contributed by atoms with Gasteiger partial charge in [-0.05, 0) is 18.3 Å². The highest BCUT2D eigenvalue weighted by Crippen LogP contribution is 2.14. The summed E-state index contributed by atoms with van der Waals surface area (Å²) in [7, 11) is 0. The van der Waals surface area contributed by atoms with Crippen molar-refractivity contribution in [1.29, 1.82) is 0 Å². The molecule has 0 N–H and O–H groups in total. The molecule has 6 heteroatoms. The summed E-state index contributed by atoms with van der Waals surface area (Å²) in [6.45, 7) is 4.18. The highest BCUT2D eigenvalue weighted by Gasteiger charge is 2.19. The topological polar surface area (TPSA) is 73.8 Å². The molecule has 0 atom stereocenters. The highest BCUT2D eigenvalue weighted by atomic mass is 16.6. The third-order valence-corrected chi connectivity index (χ3v) is 1.77. The second-order valence-electron chi connectivity index (χ2n) is 2.83. The Hall–Kier alpha value is -1.46. The Morgan fingerprint density at radius 1 is 1.62 bits per heavy atom. The van der Waals surface area contributed by atoms with E-state index in [1.165, 1.54) is 4.68 Å². The molecule has 0 fully saturated rings. The summed E-state index contributed by atoms with van der Waals surface area (Å²) in [5.41, 5.74) is 0.376. The van der Waals surface area contributed by atoms with Crippen molar-refractivity contribution in [2.75, 3.05) is 0 Å². The van der Waals surface area contributed by atoms with E-state index in [9.17, 15) is 10.1 Å². The van der Waals surface area contributed by atoms with Crippen molar-refractivity contribution in [3.63, 3.8) is 0 Å². The summed E-state index contributed by atoms with van der Waals surface area (Å²) in [6, 6.07) is 0. The molecule has 0 unspecified atom stereocenters. The summed E-state index contributed by atoms with van der Waals surface area (Å²) >= 11 is 0. The van der Waals surface area contributed by atoms with Crippen molar-refractivity contribution < 1.29 is 4.92 Å². The average Bonchev–Trinajstić information content (AvgIpc) is 2.43. The first-order valence-corrected chi connectivity index (χ1v) is 4.21. The maximum absolute atomic E-state index is 10.6. The van der Waals surface area contributed by atoms with Gasteiger partial charge in [-0.25, -0.2) is 0 Å². The summed E-state index contributed by atoms with van der Waals surface area (Å²) in [5, 5.41) is 17.9. The first-order valence-electron chi connectivity index (χ1n) is 4.21. The fraction of sp³-hybridized carbons (Fsp3) is 0.714. The number of aryl methyl sites for hydroxylation is 2. The van der Waals surface area contributed by atoms with Gasteiger partial charge in [-0.2, -0.15) is 0 Å². The number of aromatic nitrogens is 3. The molecule has 6 nitrogen and oxygen atoms in total. The maximum atomic E-state index is 10.6. The lowest BCUT2D eigenvalue weighted by molar-refractivity contribution is -0.393. The van der Waals surface area contributed by atoms with Gasteiger partial charge in [0, 0.05) is 5.21 Å². The standard InChI is InChI=1S/C7H12N4O2/c1-3-4-5-10-7(11(12)13)6(2)8-9-10/h3-5H2,1-2H3. The van der Waals surface area contributed by atoms with Gasteiger partial charge < -0.3 is 10.1 Å². The molecular weight excluding hydrogens is 172 g/mol. The number of nitro groups is 1. The third kappa shape index (κ3) is 2.01. The van der Waals surface area contributed by atoms with E-state index < -0.39 is 4.92 Å². The summed E-state index contributed by atoms with van der Waals surface area (Å²) in [5.74, 6) is 0.00782. The molecule has 0 spiro atoms. The normalized spacial score (nSPS) is 10.3. The molecule has 1 aromatic rings. The van der Waals surface area contributed by atoms with E-state index >= 15 is 0 Å². The summed E-state index contributed by atoms with van der Waals surface area (Å²) in [4.78, 5) is 10.1. The van der Waals surface area contributed by atoms with Gasteiger partial charge >= 0.3 is 5.82 Å². The molecule has 0 radical (unpaired) electrons. The molecule has 0 aromatic carbocycles. The fourth-order valence-electron chi connectivity index (χ4n) is 1.08. The molecule has 1 aromatic heterocycles. The molecule has 0 aliphatic rings. The SMILES string of the molecule is CCCCn1nnc(C)c1[N+](=O)[O-]. The Morgan fingerprint density at radius 3 is 2.85 bits per heavy atom. The quantitative estimate of drug-likeness (QED) is 0.522. The molecule has 0 aliphatic heterocycles. The van der Waals surface area contributed by atoms with E-state index in [0.717, 1.165) is 12.8 Å². The molecule has 0 saturated heterocycles. The molecule has 13 heavy (non-hydrogen) atoms. The maximum Gasteiger partial charge on any atom is 0.368 e. The fourth-order valence-corrected chi connectivity index (χ4v) is 1.08. The molecule has 0 bridgehead atoms. The van der Waals surface area contributed by atoms with Crippen LogP contribution in [0, 0.1) is 17.0 Å². The van der Waals surface area contributed by atoms with Crippen LogP contribution in [-0.2, 0) is 6.54 Å². The van der Waals surface area contributed by atoms with E-state index in [4.69, 9.17) is 0 Å². The van der Waals surface area contributed by atoms with Gasteiger partial charge in [0.15, 0.2) is 5.69 Å². The molecule has 0 saturated carbocycles. The predicted octanol–water partition coefficient (Wildman–Crippen LogP) is 1.29. The van der Waals surface area contributed by atoms with Gasteiger partial charge in [-0.3, -0.25) is 0 Å². The molecular formula is C7H12N4O2. The zero-order chi connectivity index (χ0) is 9.84. The van der Waals surface area contributed by atoms with E-state index in [2.05, 4.69) is 10.3 Å². The highest BCUT2D eigenvalue weighted by molar-refractivity contribution is 5.23. The molecule has 0 amide bonds. The second kappa shape index (κ2) is 3.97. The minimum atomic E-state index is -0.439. The van der Waals surface area contributed by atoms with Crippen LogP contribution in [0.5, 0.6) is 0 Å². The largest absolute Gasteiger partial charge is 0.368 e. The van der Waals surface area contributed by atoms with Crippen molar-refractivity contribution >= 4 is 5.82 Å². The van der Waals surface area contributed by atoms with Crippen molar-refractivity contribution in [2.45, 2.75) is 33.2 Å². The van der Waals surface area contributed by atoms with Crippen LogP contribution in [0.25, 0.3) is 0 Å². The van der Waals surface area contributed by atoms with Crippen molar-refractivity contribution in [1.82, 2.24) is 15.0 Å². The first kappa shape index (κ1) is 9.63. The third-order valence-electron chi connectivity index (χ3n) is 1.77. The van der Waals surface area contributed by atoms with Crippen LogP contribution in [0.2, 0.25) is 0 Å². The van der Waals surface area contributed by atoms with Crippen LogP contribution >= 0.6 is 0 Å². The summed E-state index contributed by atoms with van der Waals surface area (Å²) < 4.78 is 1.35.